The molecule has 1 heterocycles. The number of benzene rings is 1. The number of nitrogens with one attached hydrogen (secondary N) is 1. The van der Waals surface area contributed by atoms with Crippen LogP contribution in [0, 0.1) is 0 Å². The highest BCUT2D eigenvalue weighted by atomic mass is 19.4. The zero-order valence-corrected chi connectivity index (χ0v) is 13.7. The number of hydrogen-bond acceptors (Lipinski definition) is 4. The molecule has 2 rings (SSSR count). The Morgan fingerprint density at radius 3 is 2.42 bits per heavy atom. The van der Waals surface area contributed by atoms with Crippen molar-refractivity contribution in [2.45, 2.75) is 38.8 Å². The van der Waals surface area contributed by atoms with E-state index in [4.69, 9.17) is 4.74 Å². The molecule has 0 spiro atoms. The fourth-order valence-electron chi connectivity index (χ4n) is 2.24. The van der Waals surface area contributed by atoms with Crippen LogP contribution in [0.15, 0.2) is 30.5 Å². The Morgan fingerprint density at radius 2 is 1.83 bits per heavy atom. The Balaban J connectivity index is 2.08. The van der Waals surface area contributed by atoms with E-state index in [9.17, 15) is 13.2 Å². The Morgan fingerprint density at radius 1 is 1.12 bits per heavy atom. The first-order valence-corrected chi connectivity index (χ1v) is 7.78. The van der Waals surface area contributed by atoms with Crippen molar-refractivity contribution < 1.29 is 17.9 Å². The molecule has 0 aliphatic carbocycles. The van der Waals surface area contributed by atoms with E-state index < -0.39 is 17.6 Å². The number of alkyl halides is 3. The van der Waals surface area contributed by atoms with Crippen LogP contribution in [0.2, 0.25) is 0 Å². The highest BCUT2D eigenvalue weighted by molar-refractivity contribution is 5.54. The van der Waals surface area contributed by atoms with Crippen molar-refractivity contribution in [1.82, 2.24) is 9.97 Å². The maximum Gasteiger partial charge on any atom is 0.423 e. The van der Waals surface area contributed by atoms with Crippen molar-refractivity contribution in [3.05, 3.63) is 41.6 Å². The summed E-state index contributed by atoms with van der Waals surface area (Å²) in [5.41, 5.74) is 0.929. The van der Waals surface area contributed by atoms with Crippen molar-refractivity contribution >= 4 is 11.6 Å². The van der Waals surface area contributed by atoms with Gasteiger partial charge in [-0.1, -0.05) is 31.9 Å². The van der Waals surface area contributed by atoms with Gasteiger partial charge in [0.2, 0.25) is 11.8 Å². The molecule has 1 aromatic heterocycles. The van der Waals surface area contributed by atoms with Crippen LogP contribution in [0.25, 0.3) is 0 Å². The van der Waals surface area contributed by atoms with Crippen LogP contribution >= 0.6 is 0 Å². The van der Waals surface area contributed by atoms with Crippen molar-refractivity contribution in [3.63, 3.8) is 0 Å². The summed E-state index contributed by atoms with van der Waals surface area (Å²) < 4.78 is 43.1. The third-order valence-corrected chi connectivity index (χ3v) is 3.53. The average Bonchev–Trinajstić information content (AvgIpc) is 2.55. The molecule has 4 nitrogen and oxygen atoms in total. The largest absolute Gasteiger partial charge is 0.480 e. The summed E-state index contributed by atoms with van der Waals surface area (Å²) in [7, 11) is 1.15. The van der Waals surface area contributed by atoms with Crippen LogP contribution in [-0.2, 0) is 12.6 Å². The van der Waals surface area contributed by atoms with E-state index in [1.807, 2.05) is 24.3 Å². The lowest BCUT2D eigenvalue weighted by atomic mass is 10.1. The van der Waals surface area contributed by atoms with Gasteiger partial charge in [-0.05, 0) is 30.5 Å². The second kappa shape index (κ2) is 7.99. The van der Waals surface area contributed by atoms with Gasteiger partial charge in [0.05, 0.1) is 7.11 Å². The highest BCUT2D eigenvalue weighted by Crippen LogP contribution is 2.35. The van der Waals surface area contributed by atoms with Gasteiger partial charge in [-0.2, -0.15) is 18.2 Å². The molecule has 0 amide bonds. The topological polar surface area (TPSA) is 47.0 Å². The molecule has 0 aliphatic heterocycles. The van der Waals surface area contributed by atoms with Crippen molar-refractivity contribution in [3.8, 4) is 5.88 Å². The van der Waals surface area contributed by atoms with Crippen LogP contribution in [0.1, 0.15) is 37.3 Å². The van der Waals surface area contributed by atoms with Gasteiger partial charge in [0.25, 0.3) is 0 Å². The van der Waals surface area contributed by atoms with Crippen LogP contribution in [0.5, 0.6) is 5.88 Å². The Labute approximate surface area is 139 Å². The number of hydrogen-bond donors (Lipinski definition) is 1. The first-order chi connectivity index (χ1) is 11.4. The maximum atomic E-state index is 12.8. The summed E-state index contributed by atoms with van der Waals surface area (Å²) in [6, 6.07) is 7.68. The molecule has 0 aliphatic rings. The average molecular weight is 339 g/mol. The quantitative estimate of drug-likeness (QED) is 0.723. The monoisotopic (exact) mass is 339 g/mol. The third-order valence-electron chi connectivity index (χ3n) is 3.53. The molecule has 130 valence electrons. The van der Waals surface area contributed by atoms with E-state index in [1.165, 1.54) is 18.4 Å². The number of anilines is 2. The molecule has 0 saturated heterocycles. The number of methoxy groups -OCH3 is 1. The van der Waals surface area contributed by atoms with Gasteiger partial charge in [0, 0.05) is 11.9 Å². The number of unbranched alkanes of at least 4 members (excludes halogenated alkanes) is 2. The van der Waals surface area contributed by atoms with E-state index in [0.717, 1.165) is 20.0 Å². The van der Waals surface area contributed by atoms with Gasteiger partial charge in [-0.25, -0.2) is 4.98 Å². The molecule has 0 bridgehead atoms. The molecule has 0 atom stereocenters. The van der Waals surface area contributed by atoms with Gasteiger partial charge in [-0.3, -0.25) is 0 Å². The van der Waals surface area contributed by atoms with Crippen LogP contribution in [-0.4, -0.2) is 17.1 Å². The van der Waals surface area contributed by atoms with E-state index >= 15 is 0 Å². The molecule has 2 aromatic rings. The van der Waals surface area contributed by atoms with Gasteiger partial charge in [-0.15, -0.1) is 0 Å². The zero-order chi connectivity index (χ0) is 17.6. The summed E-state index contributed by atoms with van der Waals surface area (Å²) in [6.07, 6.45) is 0.685. The molecule has 0 fully saturated rings. The minimum absolute atomic E-state index is 0.0542. The van der Waals surface area contributed by atoms with Crippen molar-refractivity contribution in [2.24, 2.45) is 0 Å². The number of rotatable bonds is 7. The Kier molecular flexibility index (Phi) is 6.00. The molecule has 7 heteroatoms. The van der Waals surface area contributed by atoms with Crippen LogP contribution in [0.3, 0.4) is 0 Å². The van der Waals surface area contributed by atoms with E-state index in [0.29, 0.717) is 11.9 Å². The third kappa shape index (κ3) is 4.84. The summed E-state index contributed by atoms with van der Waals surface area (Å²) in [4.78, 5) is 7.48. The fourth-order valence-corrected chi connectivity index (χ4v) is 2.24. The molecule has 0 saturated carbocycles. The SMILES string of the molecule is CCCCCc1ccc(Nc2ncc(C(F)(F)F)c(OC)n2)cc1. The Bertz CT molecular complexity index is 657. The maximum absolute atomic E-state index is 12.8. The first kappa shape index (κ1) is 18.0. The molecular weight excluding hydrogens is 319 g/mol. The Hall–Kier alpha value is -2.31. The summed E-state index contributed by atoms with van der Waals surface area (Å²) in [6.45, 7) is 2.16. The fraction of sp³-hybridized carbons (Fsp3) is 0.412. The van der Waals surface area contributed by atoms with Gasteiger partial charge >= 0.3 is 6.18 Å². The predicted molar refractivity (Wildman–Crippen MR) is 86.5 cm³/mol. The second-order valence-electron chi connectivity index (χ2n) is 5.39. The highest BCUT2D eigenvalue weighted by Gasteiger charge is 2.36. The normalized spacial score (nSPS) is 11.4. The van der Waals surface area contributed by atoms with E-state index in [2.05, 4.69) is 22.2 Å². The lowest BCUT2D eigenvalue weighted by Gasteiger charge is -2.12. The van der Waals surface area contributed by atoms with Gasteiger partial charge < -0.3 is 10.1 Å². The smallest absolute Gasteiger partial charge is 0.423 e. The predicted octanol–water partition coefficient (Wildman–Crippen LogP) is 4.98. The molecular formula is C17H20F3N3O. The summed E-state index contributed by atoms with van der Waals surface area (Å²) in [5.74, 6) is -0.449. The summed E-state index contributed by atoms with van der Waals surface area (Å²) >= 11 is 0. The molecule has 0 radical (unpaired) electrons. The number of ether oxygens (including phenoxy) is 1. The zero-order valence-electron chi connectivity index (χ0n) is 13.7. The molecule has 24 heavy (non-hydrogen) atoms. The molecule has 0 unspecified atom stereocenters. The lowest BCUT2D eigenvalue weighted by molar-refractivity contribution is -0.139. The van der Waals surface area contributed by atoms with Crippen molar-refractivity contribution in [2.75, 3.05) is 12.4 Å². The minimum atomic E-state index is -4.55. The second-order valence-corrected chi connectivity index (χ2v) is 5.39. The van der Waals surface area contributed by atoms with Crippen molar-refractivity contribution in [1.29, 1.82) is 0 Å². The lowest BCUT2D eigenvalue weighted by Crippen LogP contribution is -2.11. The summed E-state index contributed by atoms with van der Waals surface area (Å²) in [5, 5.41) is 2.88. The number of nitrogens with zero attached hydrogens (tertiary/aromatic N) is 2. The van der Waals surface area contributed by atoms with Gasteiger partial charge in [0.15, 0.2) is 0 Å². The van der Waals surface area contributed by atoms with Crippen LogP contribution in [0.4, 0.5) is 24.8 Å². The minimum Gasteiger partial charge on any atom is -0.480 e. The number of halogens is 3. The first-order valence-electron chi connectivity index (χ1n) is 7.78. The molecule has 1 aromatic carbocycles. The van der Waals surface area contributed by atoms with E-state index in [-0.39, 0.29) is 5.95 Å². The molecule has 1 N–H and O–H groups in total. The number of aromatic nitrogens is 2. The standard InChI is InChI=1S/C17H20F3N3O/c1-3-4-5-6-12-7-9-13(10-8-12)22-16-21-11-14(17(18,19)20)15(23-16)24-2/h7-11H,3-6H2,1-2H3,(H,21,22,23). The van der Waals surface area contributed by atoms with Gasteiger partial charge in [0.1, 0.15) is 5.56 Å². The van der Waals surface area contributed by atoms with E-state index in [1.54, 1.807) is 0 Å². The van der Waals surface area contributed by atoms with Crippen LogP contribution < -0.4 is 10.1 Å². The number of aryl methyl sites for hydroxylation is 1.